The summed E-state index contributed by atoms with van der Waals surface area (Å²) < 4.78 is 2.15. The lowest BCUT2D eigenvalue weighted by Crippen LogP contribution is -2.03. The van der Waals surface area contributed by atoms with E-state index in [2.05, 4.69) is 22.8 Å². The fourth-order valence-electron chi connectivity index (χ4n) is 3.47. The van der Waals surface area contributed by atoms with Crippen molar-refractivity contribution in [1.82, 2.24) is 4.57 Å². The molecule has 5 rings (SSSR count). The number of fused-ring (bicyclic) bond motifs is 2. The van der Waals surface area contributed by atoms with E-state index in [1.165, 1.54) is 34.9 Å². The topological polar surface area (TPSA) is 39.1 Å². The Balaban J connectivity index is 0.000000136. The lowest BCUT2D eigenvalue weighted by Gasteiger charge is -2.05. The number of allylic oxidation sites excluding steroid dienone is 1. The van der Waals surface area contributed by atoms with Crippen molar-refractivity contribution in [1.29, 1.82) is 0 Å². The summed E-state index contributed by atoms with van der Waals surface area (Å²) in [6.07, 6.45) is 7.26. The van der Waals surface area contributed by atoms with Gasteiger partial charge in [0.05, 0.1) is 5.69 Å². The molecule has 0 amide bonds. The van der Waals surface area contributed by atoms with E-state index in [4.69, 9.17) is 0 Å². The number of aromatic nitrogens is 1. The van der Waals surface area contributed by atoms with Gasteiger partial charge in [0, 0.05) is 23.9 Å². The molecule has 3 nitrogen and oxygen atoms in total. The van der Waals surface area contributed by atoms with Gasteiger partial charge in [0.1, 0.15) is 6.29 Å². The zero-order chi connectivity index (χ0) is 17.9. The number of aldehydes is 2. The summed E-state index contributed by atoms with van der Waals surface area (Å²) in [5.74, 6) is 0.791. The van der Waals surface area contributed by atoms with Crippen molar-refractivity contribution in [2.45, 2.75) is 25.8 Å². The molecular formula is C23H21NO2. The first-order valence-corrected chi connectivity index (χ1v) is 9.05. The number of nitrogens with zero attached hydrogens (tertiary/aromatic N) is 1. The van der Waals surface area contributed by atoms with Gasteiger partial charge in [-0.15, -0.1) is 0 Å². The molecule has 0 unspecified atom stereocenters. The quantitative estimate of drug-likeness (QED) is 0.645. The van der Waals surface area contributed by atoms with Crippen LogP contribution in [0.5, 0.6) is 0 Å². The molecule has 0 radical (unpaired) electrons. The van der Waals surface area contributed by atoms with Crippen LogP contribution in [-0.2, 0) is 17.8 Å². The van der Waals surface area contributed by atoms with Crippen LogP contribution >= 0.6 is 0 Å². The number of hydrogen-bond acceptors (Lipinski definition) is 2. The highest BCUT2D eigenvalue weighted by atomic mass is 16.1. The number of carbonyl (C=O) groups excluding carboxylic acids is 2. The van der Waals surface area contributed by atoms with Gasteiger partial charge in [-0.3, -0.25) is 9.59 Å². The average molecular weight is 343 g/mol. The van der Waals surface area contributed by atoms with E-state index in [1.807, 2.05) is 42.5 Å². The summed E-state index contributed by atoms with van der Waals surface area (Å²) in [6.45, 7) is 1.00. The summed E-state index contributed by atoms with van der Waals surface area (Å²) in [6, 6.07) is 18.2. The SMILES string of the molecule is O=CC1=Cc2ccccc2C1.O=Cc1cc2ccccc2n1CC1CC1. The Labute approximate surface area is 153 Å². The molecule has 1 saturated carbocycles. The predicted molar refractivity (Wildman–Crippen MR) is 104 cm³/mol. The molecule has 1 heterocycles. The third-order valence-electron chi connectivity index (χ3n) is 5.04. The lowest BCUT2D eigenvalue weighted by molar-refractivity contribution is -0.104. The van der Waals surface area contributed by atoms with Gasteiger partial charge in [-0.25, -0.2) is 0 Å². The van der Waals surface area contributed by atoms with Gasteiger partial charge in [0.25, 0.3) is 0 Å². The molecular weight excluding hydrogens is 322 g/mol. The molecule has 0 bridgehead atoms. The zero-order valence-corrected chi connectivity index (χ0v) is 14.6. The second kappa shape index (κ2) is 7.12. The minimum Gasteiger partial charge on any atom is -0.338 e. The van der Waals surface area contributed by atoms with Crippen LogP contribution in [0, 0.1) is 5.92 Å². The van der Waals surface area contributed by atoms with Gasteiger partial charge >= 0.3 is 0 Å². The van der Waals surface area contributed by atoms with Crippen LogP contribution in [0.2, 0.25) is 0 Å². The number of rotatable bonds is 4. The highest BCUT2D eigenvalue weighted by Crippen LogP contribution is 2.32. The van der Waals surface area contributed by atoms with Crippen molar-refractivity contribution in [3.63, 3.8) is 0 Å². The van der Waals surface area contributed by atoms with E-state index in [9.17, 15) is 9.59 Å². The molecule has 2 aliphatic rings. The van der Waals surface area contributed by atoms with E-state index in [1.54, 1.807) is 0 Å². The number of benzene rings is 2. The van der Waals surface area contributed by atoms with E-state index < -0.39 is 0 Å². The van der Waals surface area contributed by atoms with Crippen LogP contribution in [0.4, 0.5) is 0 Å². The van der Waals surface area contributed by atoms with Crippen molar-refractivity contribution in [3.05, 3.63) is 77.0 Å². The van der Waals surface area contributed by atoms with Crippen LogP contribution < -0.4 is 0 Å². The molecule has 1 aromatic heterocycles. The van der Waals surface area contributed by atoms with Gasteiger partial charge in [0.15, 0.2) is 6.29 Å². The fraction of sp³-hybridized carbons (Fsp3) is 0.217. The summed E-state index contributed by atoms with van der Waals surface area (Å²) >= 11 is 0. The largest absolute Gasteiger partial charge is 0.338 e. The Morgan fingerprint density at radius 3 is 2.46 bits per heavy atom. The maximum Gasteiger partial charge on any atom is 0.166 e. The standard InChI is InChI=1S/C13H13NO.C10H8O/c15-9-12-7-11-3-1-2-4-13(11)14(12)8-10-5-6-10;11-7-8-5-9-3-1-2-4-10(9)6-8/h1-4,7,9-10H,5-6,8H2;1-5,7H,6H2. The molecule has 0 saturated heterocycles. The highest BCUT2D eigenvalue weighted by Gasteiger charge is 2.23. The predicted octanol–water partition coefficient (Wildman–Crippen LogP) is 4.69. The zero-order valence-electron chi connectivity index (χ0n) is 14.6. The molecule has 130 valence electrons. The maximum atomic E-state index is 11.0. The van der Waals surface area contributed by atoms with Crippen LogP contribution in [0.25, 0.3) is 17.0 Å². The molecule has 2 aliphatic carbocycles. The van der Waals surface area contributed by atoms with Crippen molar-refractivity contribution in [2.24, 2.45) is 5.92 Å². The molecule has 26 heavy (non-hydrogen) atoms. The van der Waals surface area contributed by atoms with E-state index in [0.717, 1.165) is 42.7 Å². The first kappa shape index (κ1) is 16.5. The molecule has 0 atom stereocenters. The Kier molecular flexibility index (Phi) is 4.53. The molecule has 3 aromatic rings. The molecule has 0 N–H and O–H groups in total. The van der Waals surface area contributed by atoms with E-state index >= 15 is 0 Å². The average Bonchev–Trinajstić information content (AvgIpc) is 3.29. The maximum absolute atomic E-state index is 11.0. The van der Waals surface area contributed by atoms with Crippen molar-refractivity contribution < 1.29 is 9.59 Å². The Hall–Kier alpha value is -2.94. The van der Waals surface area contributed by atoms with Crippen molar-refractivity contribution >= 4 is 29.6 Å². The van der Waals surface area contributed by atoms with Crippen molar-refractivity contribution in [2.75, 3.05) is 0 Å². The Morgan fingerprint density at radius 2 is 1.73 bits per heavy atom. The fourth-order valence-corrected chi connectivity index (χ4v) is 3.47. The molecule has 0 aliphatic heterocycles. The second-order valence-corrected chi connectivity index (χ2v) is 7.01. The third-order valence-corrected chi connectivity index (χ3v) is 5.04. The minimum atomic E-state index is 0.791. The first-order valence-electron chi connectivity index (χ1n) is 9.05. The number of para-hydroxylation sites is 1. The van der Waals surface area contributed by atoms with Crippen LogP contribution in [0.15, 0.2) is 60.2 Å². The van der Waals surface area contributed by atoms with Crippen molar-refractivity contribution in [3.8, 4) is 0 Å². The molecule has 0 spiro atoms. The first-order chi connectivity index (χ1) is 12.8. The Morgan fingerprint density at radius 1 is 0.962 bits per heavy atom. The van der Waals surface area contributed by atoms with Gasteiger partial charge in [-0.05, 0) is 53.7 Å². The summed E-state index contributed by atoms with van der Waals surface area (Å²) in [5.41, 5.74) is 5.32. The summed E-state index contributed by atoms with van der Waals surface area (Å²) in [7, 11) is 0. The number of carbonyl (C=O) groups is 2. The third kappa shape index (κ3) is 3.38. The lowest BCUT2D eigenvalue weighted by atomic mass is 10.1. The van der Waals surface area contributed by atoms with Gasteiger partial charge in [-0.2, -0.15) is 0 Å². The van der Waals surface area contributed by atoms with E-state index in [-0.39, 0.29) is 0 Å². The normalized spacial score (nSPS) is 15.0. The highest BCUT2D eigenvalue weighted by molar-refractivity contribution is 5.89. The minimum absolute atomic E-state index is 0.791. The van der Waals surface area contributed by atoms with Gasteiger partial charge < -0.3 is 4.57 Å². The summed E-state index contributed by atoms with van der Waals surface area (Å²) in [5, 5.41) is 1.17. The second-order valence-electron chi connectivity index (χ2n) is 7.01. The van der Waals surface area contributed by atoms with Gasteiger partial charge in [-0.1, -0.05) is 42.5 Å². The van der Waals surface area contributed by atoms with Crippen LogP contribution in [-0.4, -0.2) is 17.1 Å². The molecule has 2 aromatic carbocycles. The Bertz CT molecular complexity index is 992. The smallest absolute Gasteiger partial charge is 0.166 e. The molecule has 1 fully saturated rings. The van der Waals surface area contributed by atoms with Crippen LogP contribution in [0.3, 0.4) is 0 Å². The van der Waals surface area contributed by atoms with E-state index in [0.29, 0.717) is 0 Å². The summed E-state index contributed by atoms with van der Waals surface area (Å²) in [4.78, 5) is 21.4. The number of hydrogen-bond donors (Lipinski definition) is 0. The van der Waals surface area contributed by atoms with Crippen LogP contribution in [0.1, 0.15) is 34.5 Å². The van der Waals surface area contributed by atoms with Gasteiger partial charge in [0.2, 0.25) is 0 Å². The molecule has 3 heteroatoms. The monoisotopic (exact) mass is 343 g/mol.